The van der Waals surface area contributed by atoms with E-state index in [0.717, 1.165) is 0 Å². The molecule has 1 fully saturated rings. The van der Waals surface area contributed by atoms with Crippen LogP contribution in [0.25, 0.3) is 0 Å². The van der Waals surface area contributed by atoms with Gasteiger partial charge in [0.1, 0.15) is 0 Å². The van der Waals surface area contributed by atoms with Crippen LogP contribution in [0.5, 0.6) is 0 Å². The number of carbonyl (C=O) groups is 2. The Morgan fingerprint density at radius 2 is 2.18 bits per heavy atom. The van der Waals surface area contributed by atoms with Gasteiger partial charge < -0.3 is 10.1 Å². The van der Waals surface area contributed by atoms with Gasteiger partial charge in [0, 0.05) is 7.11 Å². The Kier molecular flexibility index (Phi) is 2.04. The summed E-state index contributed by atoms with van der Waals surface area (Å²) in [6.07, 6.45) is -3.01. The second kappa shape index (κ2) is 2.83. The molecule has 11 heavy (non-hydrogen) atoms. The topological polar surface area (TPSA) is 67.4 Å². The minimum absolute atomic E-state index is 0.740. The summed E-state index contributed by atoms with van der Waals surface area (Å²) in [5, 5.41) is 3.83. The molecule has 2 N–H and O–H groups in total. The molecule has 1 heterocycles. The molecule has 0 unspecified atom stereocenters. The van der Waals surface area contributed by atoms with Crippen LogP contribution < -0.4 is 10.6 Å². The van der Waals surface area contributed by atoms with E-state index in [2.05, 4.69) is 10.1 Å². The normalized spacial score (nSPS) is 31.1. The van der Waals surface area contributed by atoms with E-state index in [1.54, 1.807) is 5.32 Å². The molecule has 2 atom stereocenters. The van der Waals surface area contributed by atoms with Crippen LogP contribution in [0.1, 0.15) is 0 Å². The van der Waals surface area contributed by atoms with E-state index in [4.69, 9.17) is 0 Å². The van der Waals surface area contributed by atoms with E-state index in [1.807, 2.05) is 0 Å². The number of rotatable bonds is 1. The number of halogens is 1. The zero-order chi connectivity index (χ0) is 8.43. The van der Waals surface area contributed by atoms with Gasteiger partial charge in [-0.15, -0.1) is 0 Å². The predicted molar refractivity (Wildman–Crippen MR) is 32.4 cm³/mol. The summed E-state index contributed by atoms with van der Waals surface area (Å²) in [7, 11) is 1.20. The molecule has 0 bridgehead atoms. The van der Waals surface area contributed by atoms with Crippen molar-refractivity contribution in [2.24, 2.45) is 0 Å². The van der Waals surface area contributed by atoms with Crippen molar-refractivity contribution in [1.82, 2.24) is 10.6 Å². The number of alkyl halides is 1. The molecule has 5 nitrogen and oxygen atoms in total. The van der Waals surface area contributed by atoms with Gasteiger partial charge >= 0.3 is 6.03 Å². The van der Waals surface area contributed by atoms with E-state index >= 15 is 0 Å². The molecule has 0 aromatic carbocycles. The monoisotopic (exact) mass is 162 g/mol. The second-order valence-electron chi connectivity index (χ2n) is 2.02. The maximum atomic E-state index is 12.7. The van der Waals surface area contributed by atoms with Gasteiger partial charge in [0.05, 0.1) is 0 Å². The van der Waals surface area contributed by atoms with Gasteiger partial charge in [-0.3, -0.25) is 10.1 Å². The summed E-state index contributed by atoms with van der Waals surface area (Å²) in [6.45, 7) is 0. The number of imide groups is 1. The number of carbonyl (C=O) groups excluding carboxylic acids is 2. The Morgan fingerprint density at radius 1 is 1.55 bits per heavy atom. The quantitative estimate of drug-likeness (QED) is 0.527. The molecule has 0 spiro atoms. The average molecular weight is 162 g/mol. The van der Waals surface area contributed by atoms with Crippen molar-refractivity contribution < 1.29 is 18.7 Å². The van der Waals surface area contributed by atoms with Crippen LogP contribution in [-0.2, 0) is 9.53 Å². The smallest absolute Gasteiger partial charge is 0.323 e. The first-order chi connectivity index (χ1) is 5.15. The van der Waals surface area contributed by atoms with Crippen molar-refractivity contribution in [2.75, 3.05) is 7.11 Å². The zero-order valence-electron chi connectivity index (χ0n) is 5.76. The van der Waals surface area contributed by atoms with Gasteiger partial charge in [0.15, 0.2) is 6.23 Å². The first-order valence-corrected chi connectivity index (χ1v) is 2.93. The summed E-state index contributed by atoms with van der Waals surface area (Å²) in [5.41, 5.74) is 0. The van der Waals surface area contributed by atoms with Crippen LogP contribution in [0.15, 0.2) is 0 Å². The van der Waals surface area contributed by atoms with Gasteiger partial charge in [-0.25, -0.2) is 9.18 Å². The fourth-order valence-corrected chi connectivity index (χ4v) is 0.735. The molecule has 3 amide bonds. The molecule has 1 aliphatic rings. The summed E-state index contributed by atoms with van der Waals surface area (Å²) in [6, 6.07) is -0.740. The highest BCUT2D eigenvalue weighted by Gasteiger charge is 2.35. The van der Waals surface area contributed by atoms with E-state index in [-0.39, 0.29) is 0 Å². The number of amides is 3. The number of methoxy groups -OCH3 is 1. The van der Waals surface area contributed by atoms with Gasteiger partial charge in [-0.2, -0.15) is 0 Å². The molecule has 62 valence electrons. The van der Waals surface area contributed by atoms with Crippen LogP contribution in [-0.4, -0.2) is 31.4 Å². The summed E-state index contributed by atoms with van der Waals surface area (Å²) < 4.78 is 17.1. The molecule has 0 saturated carbocycles. The van der Waals surface area contributed by atoms with Crippen LogP contribution in [0.4, 0.5) is 9.18 Å². The lowest BCUT2D eigenvalue weighted by atomic mass is 10.3. The third kappa shape index (κ3) is 1.45. The molecule has 0 radical (unpaired) electrons. The third-order valence-electron chi connectivity index (χ3n) is 1.28. The van der Waals surface area contributed by atoms with Crippen LogP contribution in [0.2, 0.25) is 0 Å². The third-order valence-corrected chi connectivity index (χ3v) is 1.28. The maximum absolute atomic E-state index is 12.7. The first kappa shape index (κ1) is 7.93. The van der Waals surface area contributed by atoms with Gasteiger partial charge in [-0.1, -0.05) is 0 Å². The Bertz CT molecular complexity index is 196. The van der Waals surface area contributed by atoms with E-state index in [1.165, 1.54) is 7.11 Å². The van der Waals surface area contributed by atoms with E-state index < -0.39 is 24.3 Å². The number of nitrogens with one attached hydrogen (secondary N) is 2. The first-order valence-electron chi connectivity index (χ1n) is 2.93. The molecular weight excluding hydrogens is 155 g/mol. The largest absolute Gasteiger partial charge is 0.358 e. The van der Waals surface area contributed by atoms with Crippen molar-refractivity contribution in [2.45, 2.75) is 12.4 Å². The molecule has 0 aliphatic carbocycles. The average Bonchev–Trinajstić information content (AvgIpc) is 1.96. The summed E-state index contributed by atoms with van der Waals surface area (Å²) in [5.74, 6) is -0.972. The maximum Gasteiger partial charge on any atom is 0.323 e. The number of hydrogen-bond acceptors (Lipinski definition) is 3. The summed E-state index contributed by atoms with van der Waals surface area (Å²) in [4.78, 5) is 21.0. The van der Waals surface area contributed by atoms with Crippen LogP contribution in [0.3, 0.4) is 0 Å². The van der Waals surface area contributed by atoms with Crippen LogP contribution in [0, 0.1) is 0 Å². The van der Waals surface area contributed by atoms with Gasteiger partial charge in [0.2, 0.25) is 6.17 Å². The van der Waals surface area contributed by atoms with E-state index in [0.29, 0.717) is 0 Å². The molecule has 1 rings (SSSR count). The van der Waals surface area contributed by atoms with Gasteiger partial charge in [-0.05, 0) is 0 Å². The lowest BCUT2D eigenvalue weighted by Gasteiger charge is -2.24. The Labute approximate surface area is 61.9 Å². The number of ether oxygens (including phenoxy) is 1. The fraction of sp³-hybridized carbons (Fsp3) is 0.600. The lowest BCUT2D eigenvalue weighted by Crippen LogP contribution is -2.60. The molecule has 1 saturated heterocycles. The number of hydrogen-bond donors (Lipinski definition) is 2. The van der Waals surface area contributed by atoms with Crippen LogP contribution >= 0.6 is 0 Å². The summed E-state index contributed by atoms with van der Waals surface area (Å²) >= 11 is 0. The highest BCUT2D eigenvalue weighted by atomic mass is 19.1. The Morgan fingerprint density at radius 3 is 2.73 bits per heavy atom. The Balaban J connectivity index is 2.66. The van der Waals surface area contributed by atoms with Crippen molar-refractivity contribution in [3.05, 3.63) is 0 Å². The molecule has 1 aliphatic heterocycles. The van der Waals surface area contributed by atoms with Gasteiger partial charge in [0.25, 0.3) is 5.91 Å². The molecule has 0 aromatic heterocycles. The SMILES string of the molecule is CO[C@@H]1NC(=O)NC(=O)[C@H]1F. The van der Waals surface area contributed by atoms with Crippen molar-refractivity contribution in [1.29, 1.82) is 0 Å². The second-order valence-corrected chi connectivity index (χ2v) is 2.02. The minimum Gasteiger partial charge on any atom is -0.358 e. The molecular formula is C5H7FN2O3. The lowest BCUT2D eigenvalue weighted by molar-refractivity contribution is -0.132. The zero-order valence-corrected chi connectivity index (χ0v) is 5.76. The predicted octanol–water partition coefficient (Wildman–Crippen LogP) is -0.864. The van der Waals surface area contributed by atoms with Crippen molar-refractivity contribution in [3.8, 4) is 0 Å². The molecule has 0 aromatic rings. The highest BCUT2D eigenvalue weighted by Crippen LogP contribution is 2.03. The highest BCUT2D eigenvalue weighted by molar-refractivity contribution is 5.99. The standard InChI is InChI=1S/C5H7FN2O3/c1-11-4-2(6)3(9)7-5(10)8-4/h2,4H,1H3,(H2,7,8,9,10)/t2-,4+/m1/s1. The van der Waals surface area contributed by atoms with Crippen molar-refractivity contribution in [3.63, 3.8) is 0 Å². The molecule has 6 heteroatoms. The minimum atomic E-state index is -1.84. The number of urea groups is 1. The fourth-order valence-electron chi connectivity index (χ4n) is 0.735. The van der Waals surface area contributed by atoms with E-state index in [9.17, 15) is 14.0 Å². The Hall–Kier alpha value is -1.17. The van der Waals surface area contributed by atoms with Crippen molar-refractivity contribution >= 4 is 11.9 Å².